The molecule has 0 aliphatic carbocycles. The number of aromatic nitrogens is 1. The minimum Gasteiger partial charge on any atom is -0.497 e. The molecule has 2 unspecified atom stereocenters. The fourth-order valence-corrected chi connectivity index (χ4v) is 3.36. The number of pyridine rings is 1. The second-order valence-corrected chi connectivity index (χ2v) is 6.49. The number of hydrogen-bond donors (Lipinski definition) is 0. The van der Waals surface area contributed by atoms with Gasteiger partial charge in [0, 0.05) is 19.3 Å². The molecule has 0 radical (unpaired) electrons. The number of hydrogen-bond acceptors (Lipinski definition) is 3. The molecule has 1 fully saturated rings. The Hall–Kier alpha value is -2.36. The number of nitrogens with zero attached hydrogens (tertiary/aromatic N) is 2. The van der Waals surface area contributed by atoms with Gasteiger partial charge in [-0.15, -0.1) is 0 Å². The molecule has 2 aromatic rings. The highest BCUT2D eigenvalue weighted by Gasteiger charge is 2.30. The molecule has 0 N–H and O–H groups in total. The zero-order chi connectivity index (χ0) is 16.9. The van der Waals surface area contributed by atoms with E-state index < -0.39 is 0 Å². The van der Waals surface area contributed by atoms with Gasteiger partial charge in [0.05, 0.1) is 12.8 Å². The molecule has 4 heteroatoms. The predicted molar refractivity (Wildman–Crippen MR) is 94.1 cm³/mol. The topological polar surface area (TPSA) is 42.4 Å². The Bertz CT molecular complexity index is 670. The van der Waals surface area contributed by atoms with Gasteiger partial charge in [-0.2, -0.15) is 0 Å². The van der Waals surface area contributed by atoms with Crippen molar-refractivity contribution in [3.63, 3.8) is 0 Å². The standard InChI is InChI=1S/C20H24N2O2/c1-15-6-5-13-22(14-15)20(23)19(18-7-3-4-12-21-18)16-8-10-17(24-2)11-9-16/h3-4,7-12,15,19H,5-6,13-14H2,1-2H3. The van der Waals surface area contributed by atoms with Crippen molar-refractivity contribution < 1.29 is 9.53 Å². The minimum atomic E-state index is -0.359. The molecule has 0 spiro atoms. The number of rotatable bonds is 4. The molecular formula is C20H24N2O2. The van der Waals surface area contributed by atoms with Crippen molar-refractivity contribution in [3.8, 4) is 5.75 Å². The molecule has 1 aliphatic rings. The Morgan fingerprint density at radius 1 is 1.25 bits per heavy atom. The van der Waals surface area contributed by atoms with Gasteiger partial charge >= 0.3 is 0 Å². The lowest BCUT2D eigenvalue weighted by molar-refractivity contribution is -0.133. The molecule has 0 bridgehead atoms. The summed E-state index contributed by atoms with van der Waals surface area (Å²) in [5.41, 5.74) is 1.75. The number of benzene rings is 1. The third-order valence-electron chi connectivity index (χ3n) is 4.65. The van der Waals surface area contributed by atoms with Gasteiger partial charge in [-0.3, -0.25) is 9.78 Å². The van der Waals surface area contributed by atoms with Crippen LogP contribution >= 0.6 is 0 Å². The van der Waals surface area contributed by atoms with Gasteiger partial charge in [0.15, 0.2) is 0 Å². The SMILES string of the molecule is COc1ccc(C(C(=O)N2CCCC(C)C2)c2ccccn2)cc1. The van der Waals surface area contributed by atoms with Gasteiger partial charge in [0.2, 0.25) is 5.91 Å². The highest BCUT2D eigenvalue weighted by molar-refractivity contribution is 5.86. The normalized spacial score (nSPS) is 18.9. The Morgan fingerprint density at radius 2 is 2.04 bits per heavy atom. The van der Waals surface area contributed by atoms with Crippen LogP contribution < -0.4 is 4.74 Å². The van der Waals surface area contributed by atoms with E-state index in [1.165, 1.54) is 6.42 Å². The van der Waals surface area contributed by atoms with Gasteiger partial charge in [0.1, 0.15) is 11.7 Å². The summed E-state index contributed by atoms with van der Waals surface area (Å²) in [5.74, 6) is 1.13. The van der Waals surface area contributed by atoms with Crippen LogP contribution in [0.2, 0.25) is 0 Å². The number of carbonyl (C=O) groups excluding carboxylic acids is 1. The Kier molecular flexibility index (Phi) is 5.14. The molecule has 1 aromatic heterocycles. The van der Waals surface area contributed by atoms with Crippen molar-refractivity contribution in [3.05, 3.63) is 59.9 Å². The summed E-state index contributed by atoms with van der Waals surface area (Å²) in [6, 6.07) is 13.5. The van der Waals surface area contributed by atoms with E-state index in [4.69, 9.17) is 4.74 Å². The molecule has 1 saturated heterocycles. The third kappa shape index (κ3) is 3.58. The van der Waals surface area contributed by atoms with E-state index in [0.29, 0.717) is 5.92 Å². The van der Waals surface area contributed by atoms with Crippen molar-refractivity contribution in [1.82, 2.24) is 9.88 Å². The number of ether oxygens (including phenoxy) is 1. The molecule has 2 heterocycles. The number of methoxy groups -OCH3 is 1. The summed E-state index contributed by atoms with van der Waals surface area (Å²) in [6.07, 6.45) is 4.02. The smallest absolute Gasteiger partial charge is 0.236 e. The molecule has 1 aromatic carbocycles. The minimum absolute atomic E-state index is 0.144. The largest absolute Gasteiger partial charge is 0.497 e. The van der Waals surface area contributed by atoms with Crippen molar-refractivity contribution in [2.45, 2.75) is 25.7 Å². The molecule has 1 aliphatic heterocycles. The van der Waals surface area contributed by atoms with Crippen LogP contribution in [-0.4, -0.2) is 36.0 Å². The molecule has 1 amide bonds. The van der Waals surface area contributed by atoms with Gasteiger partial charge in [0.25, 0.3) is 0 Å². The zero-order valence-corrected chi connectivity index (χ0v) is 14.3. The summed E-state index contributed by atoms with van der Waals surface area (Å²) in [4.78, 5) is 19.7. The van der Waals surface area contributed by atoms with Crippen LogP contribution in [0.1, 0.15) is 36.9 Å². The zero-order valence-electron chi connectivity index (χ0n) is 14.3. The average Bonchev–Trinajstić information content (AvgIpc) is 2.63. The van der Waals surface area contributed by atoms with E-state index in [1.54, 1.807) is 13.3 Å². The second kappa shape index (κ2) is 7.47. The Balaban J connectivity index is 1.93. The maximum absolute atomic E-state index is 13.3. The predicted octanol–water partition coefficient (Wildman–Crippen LogP) is 3.48. The molecule has 24 heavy (non-hydrogen) atoms. The number of likely N-dealkylation sites (tertiary alicyclic amines) is 1. The van der Waals surface area contributed by atoms with E-state index in [0.717, 1.165) is 36.5 Å². The first-order valence-corrected chi connectivity index (χ1v) is 8.52. The lowest BCUT2D eigenvalue weighted by Crippen LogP contribution is -2.42. The van der Waals surface area contributed by atoms with Crippen molar-refractivity contribution in [1.29, 1.82) is 0 Å². The summed E-state index contributed by atoms with van der Waals surface area (Å²) < 4.78 is 5.23. The summed E-state index contributed by atoms with van der Waals surface area (Å²) >= 11 is 0. The van der Waals surface area contributed by atoms with E-state index in [9.17, 15) is 4.79 Å². The van der Waals surface area contributed by atoms with E-state index in [1.807, 2.05) is 47.4 Å². The van der Waals surface area contributed by atoms with Gasteiger partial charge in [-0.05, 0) is 48.6 Å². The maximum atomic E-state index is 13.3. The van der Waals surface area contributed by atoms with Crippen LogP contribution in [0.3, 0.4) is 0 Å². The summed E-state index contributed by atoms with van der Waals surface area (Å²) in [6.45, 7) is 3.88. The van der Waals surface area contributed by atoms with Crippen LogP contribution in [0, 0.1) is 5.92 Å². The molecule has 3 rings (SSSR count). The van der Waals surface area contributed by atoms with E-state index in [2.05, 4.69) is 11.9 Å². The van der Waals surface area contributed by atoms with Crippen molar-refractivity contribution >= 4 is 5.91 Å². The summed E-state index contributed by atoms with van der Waals surface area (Å²) in [5, 5.41) is 0. The van der Waals surface area contributed by atoms with E-state index >= 15 is 0 Å². The van der Waals surface area contributed by atoms with Crippen LogP contribution in [-0.2, 0) is 4.79 Å². The van der Waals surface area contributed by atoms with Gasteiger partial charge in [-0.1, -0.05) is 25.1 Å². The van der Waals surface area contributed by atoms with Crippen molar-refractivity contribution in [2.75, 3.05) is 20.2 Å². The molecule has 0 saturated carbocycles. The molecular weight excluding hydrogens is 300 g/mol. The first kappa shape index (κ1) is 16.5. The fourth-order valence-electron chi connectivity index (χ4n) is 3.36. The number of carbonyl (C=O) groups is 1. The monoisotopic (exact) mass is 324 g/mol. The summed E-state index contributed by atoms with van der Waals surface area (Å²) in [7, 11) is 1.64. The Morgan fingerprint density at radius 3 is 2.67 bits per heavy atom. The number of amides is 1. The van der Waals surface area contributed by atoms with Crippen LogP contribution in [0.5, 0.6) is 5.75 Å². The highest BCUT2D eigenvalue weighted by Crippen LogP contribution is 2.29. The third-order valence-corrected chi connectivity index (χ3v) is 4.65. The van der Waals surface area contributed by atoms with Crippen molar-refractivity contribution in [2.24, 2.45) is 5.92 Å². The highest BCUT2D eigenvalue weighted by atomic mass is 16.5. The molecule has 126 valence electrons. The van der Waals surface area contributed by atoms with Crippen LogP contribution in [0.15, 0.2) is 48.7 Å². The number of piperidine rings is 1. The van der Waals surface area contributed by atoms with Gasteiger partial charge < -0.3 is 9.64 Å². The van der Waals surface area contributed by atoms with Gasteiger partial charge in [-0.25, -0.2) is 0 Å². The fraction of sp³-hybridized carbons (Fsp3) is 0.400. The average molecular weight is 324 g/mol. The first-order valence-electron chi connectivity index (χ1n) is 8.52. The lowest BCUT2D eigenvalue weighted by Gasteiger charge is -2.33. The maximum Gasteiger partial charge on any atom is 0.236 e. The quantitative estimate of drug-likeness (QED) is 0.865. The lowest BCUT2D eigenvalue weighted by atomic mass is 9.91. The molecule has 2 atom stereocenters. The molecule has 4 nitrogen and oxygen atoms in total. The van der Waals surface area contributed by atoms with Crippen LogP contribution in [0.4, 0.5) is 0 Å². The van der Waals surface area contributed by atoms with E-state index in [-0.39, 0.29) is 11.8 Å². The second-order valence-electron chi connectivity index (χ2n) is 6.49. The Labute approximate surface area is 143 Å². The first-order chi connectivity index (χ1) is 11.7. The van der Waals surface area contributed by atoms with Crippen LogP contribution in [0.25, 0.3) is 0 Å².